The molecule has 1 fully saturated rings. The predicted octanol–water partition coefficient (Wildman–Crippen LogP) is 5.10. The van der Waals surface area contributed by atoms with Crippen LogP contribution >= 0.6 is 11.8 Å². The van der Waals surface area contributed by atoms with Crippen molar-refractivity contribution in [3.63, 3.8) is 0 Å². The van der Waals surface area contributed by atoms with E-state index >= 15 is 0 Å². The van der Waals surface area contributed by atoms with Crippen molar-refractivity contribution in [3.8, 4) is 5.75 Å². The van der Waals surface area contributed by atoms with Crippen molar-refractivity contribution in [2.75, 3.05) is 32.1 Å². The lowest BCUT2D eigenvalue weighted by molar-refractivity contribution is -0.151. The third kappa shape index (κ3) is 6.17. The van der Waals surface area contributed by atoms with Crippen LogP contribution in [0.5, 0.6) is 5.75 Å². The van der Waals surface area contributed by atoms with Gasteiger partial charge >= 0.3 is 5.97 Å². The summed E-state index contributed by atoms with van der Waals surface area (Å²) in [4.78, 5) is 48.2. The number of para-hydroxylation sites is 1. The summed E-state index contributed by atoms with van der Waals surface area (Å²) < 4.78 is 10.7. The number of likely N-dealkylation sites (tertiary alicyclic amines) is 1. The first kappa shape index (κ1) is 28.5. The first-order valence-electron chi connectivity index (χ1n) is 13.8. The highest BCUT2D eigenvalue weighted by Crippen LogP contribution is 2.45. The normalized spacial score (nSPS) is 20.2. The number of carbonyl (C=O) groups excluding carboxylic acids is 3. The number of piperidine rings is 1. The zero-order chi connectivity index (χ0) is 28.9. The lowest BCUT2D eigenvalue weighted by Crippen LogP contribution is -2.44. The fourth-order valence-electron chi connectivity index (χ4n) is 5.43. The molecule has 3 heterocycles. The Labute approximate surface area is 244 Å². The Morgan fingerprint density at radius 1 is 1.12 bits per heavy atom. The van der Waals surface area contributed by atoms with Crippen molar-refractivity contribution in [1.29, 1.82) is 0 Å². The first-order valence-corrected chi connectivity index (χ1v) is 14.7. The Bertz CT molecular complexity index is 1420. The topological polar surface area (TPSA) is 101 Å². The van der Waals surface area contributed by atoms with Gasteiger partial charge in [-0.3, -0.25) is 14.4 Å². The van der Waals surface area contributed by atoms with Gasteiger partial charge in [0.2, 0.25) is 5.91 Å². The highest BCUT2D eigenvalue weighted by Gasteiger charge is 2.41. The van der Waals surface area contributed by atoms with Crippen molar-refractivity contribution < 1.29 is 23.9 Å². The number of allylic oxidation sites excluding steroid dienone is 1. The van der Waals surface area contributed by atoms with E-state index in [4.69, 9.17) is 14.5 Å². The van der Waals surface area contributed by atoms with E-state index in [1.807, 2.05) is 71.8 Å². The number of methoxy groups -OCH3 is 1. The number of ether oxygens (including phenoxy) is 2. The fourth-order valence-corrected chi connectivity index (χ4v) is 6.39. The van der Waals surface area contributed by atoms with Crippen molar-refractivity contribution >= 4 is 40.4 Å². The maximum absolute atomic E-state index is 13.8. The SMILES string of the molecule is CCOC(=O)C1CCCN(C(=O)CC2=CSC3=NC(C)=C(C(=O)Nc4ccccc4)C(c4cccc(OC)c4)N23)C1. The number of esters is 1. The molecule has 41 heavy (non-hydrogen) atoms. The number of nitrogens with one attached hydrogen (secondary N) is 1. The molecule has 0 aliphatic carbocycles. The molecule has 0 bridgehead atoms. The lowest BCUT2D eigenvalue weighted by atomic mass is 9.92. The Morgan fingerprint density at radius 2 is 1.93 bits per heavy atom. The summed E-state index contributed by atoms with van der Waals surface area (Å²) in [6.07, 6.45) is 1.58. The molecule has 1 N–H and O–H groups in total. The maximum atomic E-state index is 13.8. The van der Waals surface area contributed by atoms with Gasteiger partial charge in [0.15, 0.2) is 5.17 Å². The number of anilines is 1. The van der Waals surface area contributed by atoms with Gasteiger partial charge in [0.1, 0.15) is 5.75 Å². The summed E-state index contributed by atoms with van der Waals surface area (Å²) in [5, 5.41) is 5.65. The quantitative estimate of drug-likeness (QED) is 0.438. The molecule has 0 aromatic heterocycles. The first-order chi connectivity index (χ1) is 19.9. The molecule has 10 heteroatoms. The second kappa shape index (κ2) is 12.6. The van der Waals surface area contributed by atoms with E-state index in [0.717, 1.165) is 17.7 Å². The number of hydrogen-bond acceptors (Lipinski definition) is 8. The molecule has 0 radical (unpaired) electrons. The lowest BCUT2D eigenvalue weighted by Gasteiger charge is -2.37. The van der Waals surface area contributed by atoms with Crippen molar-refractivity contribution in [2.45, 2.75) is 39.2 Å². The molecule has 2 aromatic carbocycles. The van der Waals surface area contributed by atoms with Crippen LogP contribution in [0.1, 0.15) is 44.7 Å². The van der Waals surface area contributed by atoms with Crippen LogP contribution in [0.4, 0.5) is 5.69 Å². The molecule has 214 valence electrons. The zero-order valence-corrected chi connectivity index (χ0v) is 24.3. The van der Waals surface area contributed by atoms with Gasteiger partial charge < -0.3 is 24.6 Å². The third-order valence-electron chi connectivity index (χ3n) is 7.41. The average Bonchev–Trinajstić information content (AvgIpc) is 3.38. The minimum atomic E-state index is -0.524. The van der Waals surface area contributed by atoms with Crippen LogP contribution in [0, 0.1) is 5.92 Å². The summed E-state index contributed by atoms with van der Waals surface area (Å²) in [6.45, 7) is 4.89. The van der Waals surface area contributed by atoms with E-state index in [2.05, 4.69) is 5.32 Å². The molecular formula is C31H34N4O5S. The number of rotatable bonds is 8. The van der Waals surface area contributed by atoms with Gasteiger partial charge in [-0.05, 0) is 61.9 Å². The summed E-state index contributed by atoms with van der Waals surface area (Å²) >= 11 is 1.44. The van der Waals surface area contributed by atoms with E-state index in [9.17, 15) is 14.4 Å². The fraction of sp³-hybridized carbons (Fsp3) is 0.355. The molecule has 3 aliphatic heterocycles. The van der Waals surface area contributed by atoms with Crippen LogP contribution < -0.4 is 10.1 Å². The summed E-state index contributed by atoms with van der Waals surface area (Å²) in [6, 6.07) is 16.4. The number of hydrogen-bond donors (Lipinski definition) is 1. The molecule has 5 rings (SSSR count). The van der Waals surface area contributed by atoms with Crippen molar-refractivity contribution in [3.05, 3.63) is 82.5 Å². The maximum Gasteiger partial charge on any atom is 0.310 e. The minimum absolute atomic E-state index is 0.0712. The number of amidine groups is 1. The van der Waals surface area contributed by atoms with Crippen LogP contribution in [0.2, 0.25) is 0 Å². The summed E-state index contributed by atoms with van der Waals surface area (Å²) in [5.74, 6) is -0.231. The molecule has 0 spiro atoms. The monoisotopic (exact) mass is 574 g/mol. The van der Waals surface area contributed by atoms with Crippen LogP contribution in [0.25, 0.3) is 0 Å². The third-order valence-corrected chi connectivity index (χ3v) is 8.30. The minimum Gasteiger partial charge on any atom is -0.497 e. The molecule has 2 atom stereocenters. The predicted molar refractivity (Wildman–Crippen MR) is 159 cm³/mol. The summed E-state index contributed by atoms with van der Waals surface area (Å²) in [5.41, 5.74) is 3.38. The van der Waals surface area contributed by atoms with Crippen LogP contribution in [0.3, 0.4) is 0 Å². The molecule has 9 nitrogen and oxygen atoms in total. The van der Waals surface area contributed by atoms with Crippen molar-refractivity contribution in [1.82, 2.24) is 9.80 Å². The molecule has 3 aliphatic rings. The van der Waals surface area contributed by atoms with E-state index in [-0.39, 0.29) is 30.1 Å². The van der Waals surface area contributed by atoms with E-state index in [0.29, 0.717) is 54.0 Å². The largest absolute Gasteiger partial charge is 0.497 e. The van der Waals surface area contributed by atoms with E-state index < -0.39 is 6.04 Å². The van der Waals surface area contributed by atoms with Crippen LogP contribution in [0.15, 0.2) is 82.0 Å². The number of aliphatic imine (C=N–C) groups is 1. The molecular weight excluding hydrogens is 540 g/mol. The standard InChI is InChI=1S/C31H34N4O5S/c1-4-40-30(38)22-11-9-15-34(18-22)26(36)17-24-19-41-31-32-20(2)27(29(37)33-23-12-6-5-7-13-23)28(35(24)31)21-10-8-14-25(16-21)39-3/h5-8,10,12-14,16,19,22,28H,4,9,11,15,17-18H2,1-3H3,(H,33,37). The number of nitrogens with zero attached hydrogens (tertiary/aromatic N) is 3. The van der Waals surface area contributed by atoms with Gasteiger partial charge in [0.05, 0.1) is 43.4 Å². The van der Waals surface area contributed by atoms with Gasteiger partial charge in [-0.25, -0.2) is 4.99 Å². The number of carbonyl (C=O) groups is 3. The number of fused-ring (bicyclic) bond motifs is 1. The Morgan fingerprint density at radius 3 is 2.68 bits per heavy atom. The molecule has 2 amide bonds. The summed E-state index contributed by atoms with van der Waals surface area (Å²) in [7, 11) is 1.61. The zero-order valence-electron chi connectivity index (χ0n) is 23.5. The highest BCUT2D eigenvalue weighted by molar-refractivity contribution is 8.16. The average molecular weight is 575 g/mol. The Kier molecular flexibility index (Phi) is 8.78. The van der Waals surface area contributed by atoms with Gasteiger partial charge in [-0.1, -0.05) is 42.1 Å². The molecule has 2 unspecified atom stereocenters. The number of amides is 2. The second-order valence-corrected chi connectivity index (χ2v) is 10.9. The van der Waals surface area contributed by atoms with Crippen LogP contribution in [-0.2, 0) is 19.1 Å². The van der Waals surface area contributed by atoms with Crippen molar-refractivity contribution in [2.24, 2.45) is 10.9 Å². The number of thioether (sulfide) groups is 1. The second-order valence-electron chi connectivity index (χ2n) is 10.1. The Hall–Kier alpha value is -4.05. The highest BCUT2D eigenvalue weighted by atomic mass is 32.2. The van der Waals surface area contributed by atoms with Crippen LogP contribution in [-0.4, -0.2) is 59.6 Å². The van der Waals surface area contributed by atoms with E-state index in [1.165, 1.54) is 11.8 Å². The number of benzene rings is 2. The smallest absolute Gasteiger partial charge is 0.310 e. The van der Waals surface area contributed by atoms with Gasteiger partial charge in [-0.2, -0.15) is 0 Å². The molecule has 0 saturated carbocycles. The molecule has 2 aromatic rings. The van der Waals surface area contributed by atoms with Gasteiger partial charge in [0.25, 0.3) is 5.91 Å². The van der Waals surface area contributed by atoms with E-state index in [1.54, 1.807) is 18.9 Å². The molecule has 1 saturated heterocycles. The van der Waals surface area contributed by atoms with Gasteiger partial charge in [-0.15, -0.1) is 0 Å². The Balaban J connectivity index is 1.44. The van der Waals surface area contributed by atoms with Gasteiger partial charge in [0, 0.05) is 24.5 Å².